The molecule has 2 aliphatic heterocycles. The standard InChI is InChI=1S/C17H15N3O3/c1-22-14-7-11-13(8-15(14)23-2)19-16-10-5-3-4-6-12(10)18-9-20(16)17(11)21/h3-9,16,19H,1-2H3. The van der Waals surface area contributed by atoms with E-state index in [9.17, 15) is 4.79 Å². The quantitative estimate of drug-likeness (QED) is 0.926. The molecule has 0 bridgehead atoms. The van der Waals surface area contributed by atoms with Gasteiger partial charge >= 0.3 is 0 Å². The molecule has 1 atom stereocenters. The van der Waals surface area contributed by atoms with Crippen molar-refractivity contribution in [2.75, 3.05) is 19.5 Å². The van der Waals surface area contributed by atoms with E-state index in [2.05, 4.69) is 10.3 Å². The molecule has 0 radical (unpaired) electrons. The Morgan fingerprint density at radius 3 is 2.65 bits per heavy atom. The van der Waals surface area contributed by atoms with Crippen LogP contribution in [0.1, 0.15) is 22.1 Å². The van der Waals surface area contributed by atoms with E-state index in [4.69, 9.17) is 9.47 Å². The minimum absolute atomic E-state index is 0.122. The number of hydrogen-bond donors (Lipinski definition) is 1. The highest BCUT2D eigenvalue weighted by molar-refractivity contribution is 6.08. The molecule has 23 heavy (non-hydrogen) atoms. The Kier molecular flexibility index (Phi) is 2.97. The minimum Gasteiger partial charge on any atom is -0.493 e. The number of carbonyl (C=O) groups excluding carboxylic acids is 1. The van der Waals surface area contributed by atoms with Gasteiger partial charge in [-0.1, -0.05) is 18.2 Å². The summed E-state index contributed by atoms with van der Waals surface area (Å²) in [5.41, 5.74) is 3.07. The van der Waals surface area contributed by atoms with E-state index in [-0.39, 0.29) is 12.1 Å². The van der Waals surface area contributed by atoms with Gasteiger partial charge in [-0.25, -0.2) is 4.99 Å². The highest BCUT2D eigenvalue weighted by atomic mass is 16.5. The highest BCUT2D eigenvalue weighted by Gasteiger charge is 2.36. The summed E-state index contributed by atoms with van der Waals surface area (Å²) in [5.74, 6) is 0.981. The summed E-state index contributed by atoms with van der Waals surface area (Å²) in [6.07, 6.45) is 1.30. The Hall–Kier alpha value is -3.02. The molecular weight excluding hydrogens is 294 g/mol. The SMILES string of the molecule is COc1cc2c(cc1OC)C(=O)N1C=Nc3ccccc3C1N2. The largest absolute Gasteiger partial charge is 0.493 e. The van der Waals surface area contributed by atoms with E-state index < -0.39 is 0 Å². The second-order valence-electron chi connectivity index (χ2n) is 5.32. The van der Waals surface area contributed by atoms with Crippen LogP contribution in [0.4, 0.5) is 11.4 Å². The van der Waals surface area contributed by atoms with Crippen LogP contribution >= 0.6 is 0 Å². The molecule has 2 aromatic rings. The second-order valence-corrected chi connectivity index (χ2v) is 5.32. The lowest BCUT2D eigenvalue weighted by atomic mass is 10.0. The molecule has 2 heterocycles. The van der Waals surface area contributed by atoms with E-state index in [1.807, 2.05) is 24.3 Å². The molecule has 1 unspecified atom stereocenters. The Morgan fingerprint density at radius 1 is 1.13 bits per heavy atom. The minimum atomic E-state index is -0.276. The summed E-state index contributed by atoms with van der Waals surface area (Å²) in [7, 11) is 3.12. The molecule has 116 valence electrons. The van der Waals surface area contributed by atoms with E-state index in [1.54, 1.807) is 37.6 Å². The third-order valence-electron chi connectivity index (χ3n) is 4.11. The molecule has 1 amide bonds. The van der Waals surface area contributed by atoms with Crippen LogP contribution in [0, 0.1) is 0 Å². The number of anilines is 1. The number of aliphatic imine (C=N–C) groups is 1. The third-order valence-corrected chi connectivity index (χ3v) is 4.11. The van der Waals surface area contributed by atoms with E-state index in [0.717, 1.165) is 16.9 Å². The first-order chi connectivity index (χ1) is 11.2. The van der Waals surface area contributed by atoms with Gasteiger partial charge in [0, 0.05) is 11.6 Å². The summed E-state index contributed by atoms with van der Waals surface area (Å²) in [4.78, 5) is 18.8. The molecule has 6 nitrogen and oxygen atoms in total. The topological polar surface area (TPSA) is 63.2 Å². The molecule has 0 aliphatic carbocycles. The monoisotopic (exact) mass is 309 g/mol. The van der Waals surface area contributed by atoms with Crippen LogP contribution in [0.25, 0.3) is 0 Å². The number of carbonyl (C=O) groups is 1. The van der Waals surface area contributed by atoms with E-state index in [1.165, 1.54) is 0 Å². The van der Waals surface area contributed by atoms with E-state index >= 15 is 0 Å². The van der Waals surface area contributed by atoms with Gasteiger partial charge in [-0.15, -0.1) is 0 Å². The van der Waals surface area contributed by atoms with Gasteiger partial charge in [0.2, 0.25) is 0 Å². The number of amides is 1. The number of ether oxygens (including phenoxy) is 2. The summed E-state index contributed by atoms with van der Waals surface area (Å²) >= 11 is 0. The lowest BCUT2D eigenvalue weighted by Crippen LogP contribution is -2.43. The van der Waals surface area contributed by atoms with Crippen LogP contribution < -0.4 is 14.8 Å². The zero-order valence-electron chi connectivity index (χ0n) is 12.7. The molecule has 0 aromatic heterocycles. The second kappa shape index (κ2) is 5.01. The van der Waals surface area contributed by atoms with Gasteiger partial charge in [-0.3, -0.25) is 9.69 Å². The fourth-order valence-corrected chi connectivity index (χ4v) is 2.96. The molecule has 2 aliphatic rings. The van der Waals surface area contributed by atoms with Crippen LogP contribution in [0.5, 0.6) is 11.5 Å². The molecule has 6 heteroatoms. The fraction of sp³-hybridized carbons (Fsp3) is 0.176. The average molecular weight is 309 g/mol. The molecule has 0 saturated carbocycles. The van der Waals surface area contributed by atoms with Gasteiger partial charge in [-0.05, 0) is 12.1 Å². The number of fused-ring (bicyclic) bond motifs is 4. The normalized spacial score (nSPS) is 17.7. The van der Waals surface area contributed by atoms with Crippen LogP contribution in [0.2, 0.25) is 0 Å². The average Bonchev–Trinajstić information content (AvgIpc) is 2.60. The number of hydrogen-bond acceptors (Lipinski definition) is 5. The van der Waals surface area contributed by atoms with Crippen molar-refractivity contribution in [3.8, 4) is 11.5 Å². The third kappa shape index (κ3) is 1.95. The molecule has 0 saturated heterocycles. The summed E-state index contributed by atoms with van der Waals surface area (Å²) < 4.78 is 10.6. The lowest BCUT2D eigenvalue weighted by Gasteiger charge is -2.38. The number of nitrogens with zero attached hydrogens (tertiary/aromatic N) is 2. The lowest BCUT2D eigenvalue weighted by molar-refractivity contribution is 0.0807. The predicted molar refractivity (Wildman–Crippen MR) is 86.7 cm³/mol. The highest BCUT2D eigenvalue weighted by Crippen LogP contribution is 2.42. The smallest absolute Gasteiger partial charge is 0.263 e. The van der Waals surface area contributed by atoms with Crippen LogP contribution in [-0.2, 0) is 0 Å². The van der Waals surface area contributed by atoms with Crippen molar-refractivity contribution in [3.05, 3.63) is 47.5 Å². The number of para-hydroxylation sites is 1. The van der Waals surface area contributed by atoms with Gasteiger partial charge in [0.05, 0.1) is 31.2 Å². The maximum atomic E-state index is 12.8. The Balaban J connectivity index is 1.85. The summed E-state index contributed by atoms with van der Waals surface area (Å²) in [6.45, 7) is 0. The Morgan fingerprint density at radius 2 is 1.87 bits per heavy atom. The van der Waals surface area contributed by atoms with Crippen molar-refractivity contribution in [1.82, 2.24) is 4.90 Å². The predicted octanol–water partition coefficient (Wildman–Crippen LogP) is 2.94. The van der Waals surface area contributed by atoms with Crippen molar-refractivity contribution < 1.29 is 14.3 Å². The summed E-state index contributed by atoms with van der Waals surface area (Å²) in [5, 5.41) is 3.39. The van der Waals surface area contributed by atoms with Crippen LogP contribution in [0.3, 0.4) is 0 Å². The van der Waals surface area contributed by atoms with Gasteiger partial charge in [0.1, 0.15) is 12.5 Å². The zero-order valence-corrected chi connectivity index (χ0v) is 12.7. The van der Waals surface area contributed by atoms with Crippen molar-refractivity contribution >= 4 is 23.6 Å². The van der Waals surface area contributed by atoms with Crippen molar-refractivity contribution in [2.24, 2.45) is 4.99 Å². The van der Waals surface area contributed by atoms with Crippen molar-refractivity contribution in [3.63, 3.8) is 0 Å². The number of rotatable bonds is 2. The van der Waals surface area contributed by atoms with Gasteiger partial charge in [-0.2, -0.15) is 0 Å². The Bertz CT molecular complexity index is 832. The zero-order chi connectivity index (χ0) is 16.0. The maximum Gasteiger partial charge on any atom is 0.263 e. The first-order valence-corrected chi connectivity index (χ1v) is 7.21. The van der Waals surface area contributed by atoms with Gasteiger partial charge in [0.15, 0.2) is 11.5 Å². The van der Waals surface area contributed by atoms with Crippen LogP contribution in [-0.4, -0.2) is 31.4 Å². The van der Waals surface area contributed by atoms with Crippen molar-refractivity contribution in [1.29, 1.82) is 0 Å². The molecule has 0 fully saturated rings. The maximum absolute atomic E-state index is 12.8. The number of methoxy groups -OCH3 is 2. The first kappa shape index (κ1) is 13.6. The van der Waals surface area contributed by atoms with Gasteiger partial charge < -0.3 is 14.8 Å². The first-order valence-electron chi connectivity index (χ1n) is 7.21. The van der Waals surface area contributed by atoms with Crippen LogP contribution in [0.15, 0.2) is 41.4 Å². The molecule has 2 aromatic carbocycles. The fourth-order valence-electron chi connectivity index (χ4n) is 2.96. The molecule has 0 spiro atoms. The molecule has 1 N–H and O–H groups in total. The molecular formula is C17H15N3O3. The van der Waals surface area contributed by atoms with E-state index in [0.29, 0.717) is 17.1 Å². The number of nitrogens with one attached hydrogen (secondary N) is 1. The molecule has 4 rings (SSSR count). The summed E-state index contributed by atoms with van der Waals surface area (Å²) in [6, 6.07) is 11.2. The Labute approximate surface area is 133 Å². The van der Waals surface area contributed by atoms with Crippen molar-refractivity contribution in [2.45, 2.75) is 6.17 Å². The number of benzene rings is 2. The van der Waals surface area contributed by atoms with Gasteiger partial charge in [0.25, 0.3) is 5.91 Å².